The number of carbonyl (C=O) groups excluding carboxylic acids is 2. The standard InChI is InChI=1S/C43H38ClF3N5O7P/c44-36-22-32(23-38-40(36)49-18-17-48-38)42(54)52-19-16-37(34(26-52)31-14-8-3-9-15-31)51-41(53)33-25-50-39(24-35(33)43(45,46)47)56-20-21-57-60(55,58-27-29-10-4-1-5-11-29)59-28-30-12-6-2-7-13-30/h1-15,17-18,22-25,34,37H,16,19-21,26-28H2,(H,51,53)/t34-,37-/m1/s1. The first-order chi connectivity index (χ1) is 29.0. The Morgan fingerprint density at radius 2 is 1.45 bits per heavy atom. The van der Waals surface area contributed by atoms with Crippen LogP contribution < -0.4 is 10.1 Å². The number of phosphoric ester groups is 1. The summed E-state index contributed by atoms with van der Waals surface area (Å²) in [6.45, 7) is -0.593. The summed E-state index contributed by atoms with van der Waals surface area (Å²) in [6, 6.07) is 30.1. The van der Waals surface area contributed by atoms with Gasteiger partial charge in [0.05, 0.1) is 41.5 Å². The number of amides is 2. The number of hydrogen-bond donors (Lipinski definition) is 1. The number of likely N-dealkylation sites (tertiary alicyclic amines) is 1. The van der Waals surface area contributed by atoms with E-state index in [1.54, 1.807) is 71.6 Å². The number of halogens is 4. The molecule has 1 aliphatic heterocycles. The number of carbonyl (C=O) groups is 2. The lowest BCUT2D eigenvalue weighted by atomic mass is 9.85. The minimum absolute atomic E-state index is 0.0895. The molecule has 0 spiro atoms. The highest BCUT2D eigenvalue weighted by molar-refractivity contribution is 7.48. The molecule has 17 heteroatoms. The number of rotatable bonds is 15. The van der Waals surface area contributed by atoms with Gasteiger partial charge in [-0.3, -0.25) is 33.1 Å². The van der Waals surface area contributed by atoms with Crippen molar-refractivity contribution in [1.29, 1.82) is 0 Å². The van der Waals surface area contributed by atoms with Crippen molar-refractivity contribution < 1.29 is 45.6 Å². The fraction of sp³-hybridized carbons (Fsp3) is 0.233. The predicted molar refractivity (Wildman–Crippen MR) is 216 cm³/mol. The van der Waals surface area contributed by atoms with Crippen LogP contribution in [0.5, 0.6) is 5.88 Å². The molecule has 12 nitrogen and oxygen atoms in total. The van der Waals surface area contributed by atoms with Crippen molar-refractivity contribution in [3.05, 3.63) is 166 Å². The van der Waals surface area contributed by atoms with E-state index in [4.69, 9.17) is 29.9 Å². The smallest absolute Gasteiger partial charge is 0.475 e. The number of piperidine rings is 1. The van der Waals surface area contributed by atoms with Crippen molar-refractivity contribution >= 4 is 42.3 Å². The highest BCUT2D eigenvalue weighted by atomic mass is 35.5. The maximum Gasteiger partial charge on any atom is 0.475 e. The molecule has 3 heterocycles. The van der Waals surface area contributed by atoms with Crippen molar-refractivity contribution in [2.75, 3.05) is 26.3 Å². The van der Waals surface area contributed by atoms with Gasteiger partial charge in [0.25, 0.3) is 11.8 Å². The third kappa shape index (κ3) is 10.7. The van der Waals surface area contributed by atoms with E-state index in [9.17, 15) is 27.3 Å². The fourth-order valence-electron chi connectivity index (χ4n) is 6.73. The zero-order valence-electron chi connectivity index (χ0n) is 31.8. The van der Waals surface area contributed by atoms with Crippen molar-refractivity contribution in [3.8, 4) is 5.88 Å². The van der Waals surface area contributed by atoms with Crippen LogP contribution in [0.3, 0.4) is 0 Å². The molecule has 2 amide bonds. The molecule has 0 radical (unpaired) electrons. The Balaban J connectivity index is 1.02. The monoisotopic (exact) mass is 859 g/mol. The van der Waals surface area contributed by atoms with Crippen LogP contribution in [0, 0.1) is 0 Å². The van der Waals surface area contributed by atoms with Crippen molar-refractivity contribution in [2.24, 2.45) is 0 Å². The zero-order chi connectivity index (χ0) is 42.1. The van der Waals surface area contributed by atoms with E-state index in [0.29, 0.717) is 33.8 Å². The molecular formula is C43H38ClF3N5O7P. The molecule has 2 atom stereocenters. The molecule has 1 fully saturated rings. The van der Waals surface area contributed by atoms with Gasteiger partial charge < -0.3 is 15.0 Å². The van der Waals surface area contributed by atoms with Crippen LogP contribution in [0.25, 0.3) is 11.0 Å². The van der Waals surface area contributed by atoms with Gasteiger partial charge in [0.15, 0.2) is 0 Å². The summed E-state index contributed by atoms with van der Waals surface area (Å²) in [5.74, 6) is -2.23. The number of benzene rings is 4. The van der Waals surface area contributed by atoms with Gasteiger partial charge in [0.1, 0.15) is 12.1 Å². The maximum absolute atomic E-state index is 14.5. The minimum Gasteiger partial charge on any atom is -0.475 e. The molecule has 1 N–H and O–H groups in total. The van der Waals surface area contributed by atoms with Gasteiger partial charge in [-0.25, -0.2) is 9.55 Å². The van der Waals surface area contributed by atoms with Gasteiger partial charge in [-0.15, -0.1) is 0 Å². The van der Waals surface area contributed by atoms with E-state index >= 15 is 0 Å². The van der Waals surface area contributed by atoms with E-state index in [2.05, 4.69) is 20.3 Å². The lowest BCUT2D eigenvalue weighted by Gasteiger charge is -2.39. The number of hydrogen-bond acceptors (Lipinski definition) is 10. The summed E-state index contributed by atoms with van der Waals surface area (Å²) in [5, 5.41) is 3.06. The second-order valence-electron chi connectivity index (χ2n) is 13.7. The Hall–Kier alpha value is -5.70. The van der Waals surface area contributed by atoms with Crippen LogP contribution >= 0.6 is 19.4 Å². The molecule has 310 valence electrons. The molecule has 1 aliphatic rings. The van der Waals surface area contributed by atoms with Crippen molar-refractivity contribution in [1.82, 2.24) is 25.2 Å². The average Bonchev–Trinajstić information content (AvgIpc) is 3.27. The second kappa shape index (κ2) is 19.1. The summed E-state index contributed by atoms with van der Waals surface area (Å²) in [7, 11) is -4.18. The summed E-state index contributed by atoms with van der Waals surface area (Å²) >= 11 is 6.43. The molecule has 0 bridgehead atoms. The van der Waals surface area contributed by atoms with Crippen LogP contribution in [-0.2, 0) is 37.5 Å². The predicted octanol–water partition coefficient (Wildman–Crippen LogP) is 9.06. The van der Waals surface area contributed by atoms with Gasteiger partial charge in [-0.1, -0.05) is 103 Å². The molecule has 2 aromatic heterocycles. The molecular weight excluding hydrogens is 822 g/mol. The van der Waals surface area contributed by atoms with Crippen molar-refractivity contribution in [2.45, 2.75) is 37.8 Å². The lowest BCUT2D eigenvalue weighted by Crippen LogP contribution is -2.51. The van der Waals surface area contributed by atoms with Crippen LogP contribution in [0.15, 0.2) is 128 Å². The SMILES string of the molecule is O=C(N[C@@H]1CCN(C(=O)c2cc(Cl)c3nccnc3c2)C[C@@H]1c1ccccc1)c1cnc(OCCOP(=O)(OCc2ccccc2)OCc2ccccc2)cc1C(F)(F)F. The number of phosphoric acid groups is 1. The highest BCUT2D eigenvalue weighted by Crippen LogP contribution is 2.51. The number of ether oxygens (including phenoxy) is 1. The first-order valence-electron chi connectivity index (χ1n) is 18.8. The summed E-state index contributed by atoms with van der Waals surface area (Å²) in [5.41, 5.74) is 1.44. The molecule has 0 saturated carbocycles. The quantitative estimate of drug-likeness (QED) is 0.0785. The zero-order valence-corrected chi connectivity index (χ0v) is 33.5. The van der Waals surface area contributed by atoms with Crippen LogP contribution in [-0.4, -0.2) is 64.0 Å². The van der Waals surface area contributed by atoms with Crippen LogP contribution in [0.2, 0.25) is 5.02 Å². The van der Waals surface area contributed by atoms with E-state index < -0.39 is 55.5 Å². The lowest BCUT2D eigenvalue weighted by molar-refractivity contribution is -0.138. The number of alkyl halides is 3. The third-order valence-corrected chi connectivity index (χ3v) is 11.4. The third-order valence-electron chi connectivity index (χ3n) is 9.69. The van der Waals surface area contributed by atoms with Gasteiger partial charge in [0.2, 0.25) is 5.88 Å². The van der Waals surface area contributed by atoms with Gasteiger partial charge >= 0.3 is 14.0 Å². The van der Waals surface area contributed by atoms with Gasteiger partial charge in [0, 0.05) is 55.3 Å². The van der Waals surface area contributed by atoms with E-state index in [0.717, 1.165) is 11.8 Å². The normalized spacial score (nSPS) is 15.8. The maximum atomic E-state index is 14.5. The number of nitrogens with one attached hydrogen (secondary N) is 1. The summed E-state index contributed by atoms with van der Waals surface area (Å²) in [4.78, 5) is 41.6. The minimum atomic E-state index is -4.96. The molecule has 1 saturated heterocycles. The Kier molecular flexibility index (Phi) is 13.5. The molecule has 0 unspecified atom stereocenters. The van der Waals surface area contributed by atoms with E-state index in [1.807, 2.05) is 30.3 Å². The average molecular weight is 860 g/mol. The number of fused-ring (bicyclic) bond motifs is 1. The molecule has 4 aromatic carbocycles. The van der Waals surface area contributed by atoms with Crippen molar-refractivity contribution in [3.63, 3.8) is 0 Å². The number of pyridine rings is 1. The molecule has 7 rings (SSSR count). The number of aromatic nitrogens is 3. The summed E-state index contributed by atoms with van der Waals surface area (Å²) in [6.07, 6.45) is -0.925. The van der Waals surface area contributed by atoms with Crippen LogP contribution in [0.1, 0.15) is 55.3 Å². The van der Waals surface area contributed by atoms with Crippen LogP contribution in [0.4, 0.5) is 13.2 Å². The molecule has 6 aromatic rings. The van der Waals surface area contributed by atoms with Gasteiger partial charge in [-0.2, -0.15) is 13.2 Å². The molecule has 60 heavy (non-hydrogen) atoms. The molecule has 0 aliphatic carbocycles. The fourth-order valence-corrected chi connectivity index (χ4v) is 8.12. The van der Waals surface area contributed by atoms with Gasteiger partial charge in [-0.05, 0) is 35.2 Å². The Labute approximate surface area is 348 Å². The highest BCUT2D eigenvalue weighted by Gasteiger charge is 2.39. The van der Waals surface area contributed by atoms with E-state index in [1.165, 1.54) is 18.5 Å². The first kappa shape index (κ1) is 42.4. The Morgan fingerprint density at radius 3 is 2.10 bits per heavy atom. The Bertz CT molecular complexity index is 2420. The number of nitrogens with zero attached hydrogens (tertiary/aromatic N) is 4. The van der Waals surface area contributed by atoms with E-state index in [-0.39, 0.29) is 50.3 Å². The topological polar surface area (TPSA) is 142 Å². The largest absolute Gasteiger partial charge is 0.475 e. The second-order valence-corrected chi connectivity index (χ2v) is 15.8. The Morgan fingerprint density at radius 1 is 0.817 bits per heavy atom. The summed E-state index contributed by atoms with van der Waals surface area (Å²) < 4.78 is 79.2. The first-order valence-corrected chi connectivity index (χ1v) is 20.7.